The van der Waals surface area contributed by atoms with E-state index in [2.05, 4.69) is 11.8 Å². The van der Waals surface area contributed by atoms with Gasteiger partial charge in [0.2, 0.25) is 10.0 Å². The van der Waals surface area contributed by atoms with E-state index >= 15 is 0 Å². The summed E-state index contributed by atoms with van der Waals surface area (Å²) in [5, 5.41) is 8.83. The Labute approximate surface area is 131 Å². The molecule has 0 heterocycles. The molecule has 0 amide bonds. The molecule has 116 valence electrons. The fraction of sp³-hybridized carbons (Fsp3) is 0.467. The van der Waals surface area contributed by atoms with Crippen LogP contribution in [0.25, 0.3) is 0 Å². The van der Waals surface area contributed by atoms with Crippen molar-refractivity contribution in [2.75, 3.05) is 13.7 Å². The van der Waals surface area contributed by atoms with E-state index in [1.807, 2.05) is 13.8 Å². The zero-order valence-corrected chi connectivity index (χ0v) is 14.0. The molecule has 0 aromatic heterocycles. The van der Waals surface area contributed by atoms with Gasteiger partial charge < -0.3 is 5.11 Å². The second kappa shape index (κ2) is 7.81. The highest BCUT2D eigenvalue weighted by molar-refractivity contribution is 7.89. The number of aliphatic hydroxyl groups excluding tert-OH is 1. The average molecular weight is 330 g/mol. The summed E-state index contributed by atoms with van der Waals surface area (Å²) in [5.41, 5.74) is 0.624. The molecule has 1 N–H and O–H groups in total. The zero-order valence-electron chi connectivity index (χ0n) is 12.4. The van der Waals surface area contributed by atoms with Gasteiger partial charge in [-0.1, -0.05) is 30.4 Å². The molecule has 6 heteroatoms. The van der Waals surface area contributed by atoms with Crippen LogP contribution in [-0.2, 0) is 10.0 Å². The highest BCUT2D eigenvalue weighted by atomic mass is 35.5. The molecular formula is C15H20ClNO3S. The van der Waals surface area contributed by atoms with Crippen LogP contribution in [-0.4, -0.2) is 37.5 Å². The average Bonchev–Trinajstić information content (AvgIpc) is 2.45. The van der Waals surface area contributed by atoms with Gasteiger partial charge >= 0.3 is 0 Å². The number of aliphatic hydroxyl groups is 1. The van der Waals surface area contributed by atoms with Crippen LogP contribution in [0.5, 0.6) is 0 Å². The van der Waals surface area contributed by atoms with Crippen LogP contribution >= 0.6 is 11.6 Å². The monoisotopic (exact) mass is 329 g/mol. The molecule has 0 bridgehead atoms. The minimum absolute atomic E-state index is 0.00705. The van der Waals surface area contributed by atoms with Gasteiger partial charge in [0.05, 0.1) is 11.6 Å². The van der Waals surface area contributed by atoms with Gasteiger partial charge in [0.25, 0.3) is 0 Å². The van der Waals surface area contributed by atoms with Gasteiger partial charge in [-0.25, -0.2) is 8.42 Å². The van der Waals surface area contributed by atoms with Crippen LogP contribution in [0, 0.1) is 11.8 Å². The van der Waals surface area contributed by atoms with E-state index < -0.39 is 10.0 Å². The summed E-state index contributed by atoms with van der Waals surface area (Å²) < 4.78 is 26.3. The van der Waals surface area contributed by atoms with Crippen LogP contribution in [0.4, 0.5) is 0 Å². The largest absolute Gasteiger partial charge is 0.395 e. The summed E-state index contributed by atoms with van der Waals surface area (Å²) in [7, 11) is -2.06. The molecule has 0 saturated heterocycles. The summed E-state index contributed by atoms with van der Waals surface area (Å²) in [6.07, 6.45) is 1.09. The van der Waals surface area contributed by atoms with Gasteiger partial charge in [-0.2, -0.15) is 4.31 Å². The lowest BCUT2D eigenvalue weighted by Gasteiger charge is -2.23. The summed E-state index contributed by atoms with van der Waals surface area (Å²) in [6.45, 7) is 3.77. The summed E-state index contributed by atoms with van der Waals surface area (Å²) >= 11 is 6.10. The Hall–Kier alpha value is -1.06. The molecular weight excluding hydrogens is 310 g/mol. The second-order valence-electron chi connectivity index (χ2n) is 4.70. The van der Waals surface area contributed by atoms with Crippen molar-refractivity contribution in [2.45, 2.75) is 37.6 Å². The SMILES string of the molecule is CCC(C)N(C)S(=O)(=O)c1ccc(C#CCCO)cc1Cl. The van der Waals surface area contributed by atoms with E-state index in [0.29, 0.717) is 12.0 Å². The number of nitrogens with zero attached hydrogens (tertiary/aromatic N) is 1. The van der Waals surface area contributed by atoms with Crippen molar-refractivity contribution < 1.29 is 13.5 Å². The summed E-state index contributed by atoms with van der Waals surface area (Å²) in [6, 6.07) is 4.52. The van der Waals surface area contributed by atoms with Crippen LogP contribution in [0.2, 0.25) is 5.02 Å². The first-order chi connectivity index (χ1) is 9.84. The van der Waals surface area contributed by atoms with Crippen molar-refractivity contribution in [1.29, 1.82) is 0 Å². The summed E-state index contributed by atoms with van der Waals surface area (Å²) in [4.78, 5) is 0.0830. The molecule has 1 unspecified atom stereocenters. The maximum Gasteiger partial charge on any atom is 0.244 e. The van der Waals surface area contributed by atoms with Crippen molar-refractivity contribution in [2.24, 2.45) is 0 Å². The normalized spacial score (nSPS) is 12.9. The first kappa shape index (κ1) is 18.0. The molecule has 1 rings (SSSR count). The number of halogens is 1. The van der Waals surface area contributed by atoms with Crippen molar-refractivity contribution in [1.82, 2.24) is 4.31 Å². The fourth-order valence-corrected chi connectivity index (χ4v) is 3.61. The lowest BCUT2D eigenvalue weighted by molar-refractivity contribution is 0.305. The molecule has 1 aromatic rings. The molecule has 0 saturated carbocycles. The third kappa shape index (κ3) is 4.45. The van der Waals surface area contributed by atoms with Gasteiger partial charge in [-0.15, -0.1) is 0 Å². The third-order valence-corrected chi connectivity index (χ3v) is 5.72. The third-order valence-electron chi connectivity index (χ3n) is 3.27. The molecule has 0 aliphatic carbocycles. The van der Waals surface area contributed by atoms with Crippen molar-refractivity contribution >= 4 is 21.6 Å². The van der Waals surface area contributed by atoms with Crippen LogP contribution < -0.4 is 0 Å². The van der Waals surface area contributed by atoms with Gasteiger partial charge in [-0.05, 0) is 31.5 Å². The minimum Gasteiger partial charge on any atom is -0.395 e. The predicted molar refractivity (Wildman–Crippen MR) is 84.7 cm³/mol. The van der Waals surface area contributed by atoms with Crippen LogP contribution in [0.1, 0.15) is 32.3 Å². The van der Waals surface area contributed by atoms with E-state index in [9.17, 15) is 8.42 Å². The van der Waals surface area contributed by atoms with E-state index in [4.69, 9.17) is 16.7 Å². The molecule has 21 heavy (non-hydrogen) atoms. The quantitative estimate of drug-likeness (QED) is 0.844. The fourth-order valence-electron chi connectivity index (χ4n) is 1.66. The molecule has 0 spiro atoms. The highest BCUT2D eigenvalue weighted by Crippen LogP contribution is 2.26. The predicted octanol–water partition coefficient (Wildman–Crippen LogP) is 2.49. The first-order valence-electron chi connectivity index (χ1n) is 6.71. The van der Waals surface area contributed by atoms with E-state index in [0.717, 1.165) is 6.42 Å². The number of benzene rings is 1. The standard InChI is InChI=1S/C15H20ClNO3S/c1-4-12(2)17(3)21(19,20)15-9-8-13(11-14(15)16)7-5-6-10-18/h8-9,11-12,18H,4,6,10H2,1-3H3. The number of hydrogen-bond acceptors (Lipinski definition) is 3. The van der Waals surface area contributed by atoms with E-state index in [1.165, 1.54) is 16.4 Å². The second-order valence-corrected chi connectivity index (χ2v) is 7.07. The molecule has 1 aromatic carbocycles. The first-order valence-corrected chi connectivity index (χ1v) is 8.53. The summed E-state index contributed by atoms with van der Waals surface area (Å²) in [5.74, 6) is 5.59. The molecule has 0 radical (unpaired) electrons. The topological polar surface area (TPSA) is 57.6 Å². The van der Waals surface area contributed by atoms with Gasteiger partial charge in [0, 0.05) is 25.1 Å². The van der Waals surface area contributed by atoms with Crippen LogP contribution in [0.15, 0.2) is 23.1 Å². The Morgan fingerprint density at radius 3 is 2.62 bits per heavy atom. The molecule has 1 atom stereocenters. The minimum atomic E-state index is -3.61. The van der Waals surface area contributed by atoms with E-state index in [1.54, 1.807) is 13.1 Å². The van der Waals surface area contributed by atoms with Gasteiger partial charge in [-0.3, -0.25) is 0 Å². The Morgan fingerprint density at radius 2 is 2.10 bits per heavy atom. The van der Waals surface area contributed by atoms with Gasteiger partial charge in [0.15, 0.2) is 0 Å². The van der Waals surface area contributed by atoms with Gasteiger partial charge in [0.1, 0.15) is 4.90 Å². The van der Waals surface area contributed by atoms with Crippen molar-refractivity contribution in [3.8, 4) is 11.8 Å². The number of sulfonamides is 1. The number of hydrogen-bond donors (Lipinski definition) is 1. The van der Waals surface area contributed by atoms with Crippen LogP contribution in [0.3, 0.4) is 0 Å². The zero-order chi connectivity index (χ0) is 16.0. The number of rotatable bonds is 5. The molecule has 0 aliphatic rings. The lowest BCUT2D eigenvalue weighted by atomic mass is 10.2. The Bertz CT molecular complexity index is 647. The molecule has 0 fully saturated rings. The Kier molecular flexibility index (Phi) is 6.69. The molecule has 4 nitrogen and oxygen atoms in total. The van der Waals surface area contributed by atoms with Crippen molar-refractivity contribution in [3.05, 3.63) is 28.8 Å². The highest BCUT2D eigenvalue weighted by Gasteiger charge is 2.26. The Morgan fingerprint density at radius 1 is 1.43 bits per heavy atom. The Balaban J connectivity index is 3.13. The van der Waals surface area contributed by atoms with Crippen molar-refractivity contribution in [3.63, 3.8) is 0 Å². The maximum absolute atomic E-state index is 12.5. The lowest BCUT2D eigenvalue weighted by Crippen LogP contribution is -2.34. The van der Waals surface area contributed by atoms with E-state index in [-0.39, 0.29) is 22.6 Å². The smallest absolute Gasteiger partial charge is 0.244 e. The maximum atomic E-state index is 12.5. The molecule has 0 aliphatic heterocycles.